The summed E-state index contributed by atoms with van der Waals surface area (Å²) in [5.41, 5.74) is 4.06. The third-order valence-corrected chi connectivity index (χ3v) is 4.28. The summed E-state index contributed by atoms with van der Waals surface area (Å²) >= 11 is 0. The Balaban J connectivity index is 1.41. The van der Waals surface area contributed by atoms with Gasteiger partial charge in [0.25, 0.3) is 0 Å². The number of benzene rings is 2. The van der Waals surface area contributed by atoms with Gasteiger partial charge in [-0.05, 0) is 23.1 Å². The van der Waals surface area contributed by atoms with Crippen molar-refractivity contribution in [3.63, 3.8) is 0 Å². The SMILES string of the molecule is c1ccc(Cc2noc(CN3CCc4ccccc4C3)n2)cc1. The highest BCUT2D eigenvalue weighted by molar-refractivity contribution is 5.29. The van der Waals surface area contributed by atoms with Gasteiger partial charge >= 0.3 is 0 Å². The van der Waals surface area contributed by atoms with Gasteiger partial charge in [0.2, 0.25) is 5.89 Å². The molecule has 0 amide bonds. The van der Waals surface area contributed by atoms with Crippen LogP contribution in [0.1, 0.15) is 28.4 Å². The van der Waals surface area contributed by atoms with Crippen molar-refractivity contribution in [3.05, 3.63) is 83.0 Å². The Bertz CT molecular complexity index is 782. The van der Waals surface area contributed by atoms with Crippen molar-refractivity contribution in [2.75, 3.05) is 6.54 Å². The molecule has 1 aliphatic heterocycles. The molecular formula is C19H19N3O. The smallest absolute Gasteiger partial charge is 0.240 e. The van der Waals surface area contributed by atoms with E-state index in [4.69, 9.17) is 4.52 Å². The molecule has 0 N–H and O–H groups in total. The van der Waals surface area contributed by atoms with Gasteiger partial charge < -0.3 is 4.52 Å². The molecule has 23 heavy (non-hydrogen) atoms. The standard InChI is InChI=1S/C19H19N3O/c1-2-6-15(7-3-1)12-18-20-19(23-21-18)14-22-11-10-16-8-4-5-9-17(16)13-22/h1-9H,10-14H2. The fourth-order valence-electron chi connectivity index (χ4n) is 3.09. The molecule has 0 unspecified atom stereocenters. The van der Waals surface area contributed by atoms with Crippen LogP contribution in [0, 0.1) is 0 Å². The third kappa shape index (κ3) is 3.32. The third-order valence-electron chi connectivity index (χ3n) is 4.28. The molecule has 1 aromatic heterocycles. The zero-order valence-electron chi connectivity index (χ0n) is 13.0. The van der Waals surface area contributed by atoms with E-state index in [0.29, 0.717) is 12.3 Å². The molecule has 2 heterocycles. The summed E-state index contributed by atoms with van der Waals surface area (Å²) in [6.07, 6.45) is 1.80. The number of nitrogens with zero attached hydrogens (tertiary/aromatic N) is 3. The summed E-state index contributed by atoms with van der Waals surface area (Å²) in [6, 6.07) is 18.9. The molecule has 0 fully saturated rings. The second-order valence-corrected chi connectivity index (χ2v) is 6.00. The van der Waals surface area contributed by atoms with E-state index in [-0.39, 0.29) is 0 Å². The van der Waals surface area contributed by atoms with Gasteiger partial charge in [0, 0.05) is 19.5 Å². The average Bonchev–Trinajstić information content (AvgIpc) is 3.02. The molecular weight excluding hydrogens is 286 g/mol. The number of hydrogen-bond acceptors (Lipinski definition) is 4. The van der Waals surface area contributed by atoms with Crippen LogP contribution in [0.15, 0.2) is 59.1 Å². The number of fused-ring (bicyclic) bond motifs is 1. The van der Waals surface area contributed by atoms with E-state index >= 15 is 0 Å². The van der Waals surface area contributed by atoms with Crippen molar-refractivity contribution in [2.45, 2.75) is 25.9 Å². The van der Waals surface area contributed by atoms with Crippen LogP contribution >= 0.6 is 0 Å². The Morgan fingerprint density at radius 3 is 2.61 bits per heavy atom. The molecule has 4 nitrogen and oxygen atoms in total. The minimum absolute atomic E-state index is 0.704. The van der Waals surface area contributed by atoms with Gasteiger partial charge in [-0.3, -0.25) is 4.90 Å². The molecule has 1 aliphatic rings. The molecule has 0 radical (unpaired) electrons. The first-order valence-electron chi connectivity index (χ1n) is 8.01. The second-order valence-electron chi connectivity index (χ2n) is 6.00. The topological polar surface area (TPSA) is 42.2 Å². The Kier molecular flexibility index (Phi) is 3.90. The highest BCUT2D eigenvalue weighted by atomic mass is 16.5. The van der Waals surface area contributed by atoms with Crippen LogP contribution in [0.25, 0.3) is 0 Å². The normalized spacial score (nSPS) is 14.6. The van der Waals surface area contributed by atoms with Gasteiger partial charge in [0.15, 0.2) is 5.82 Å². The largest absolute Gasteiger partial charge is 0.338 e. The quantitative estimate of drug-likeness (QED) is 0.742. The fourth-order valence-corrected chi connectivity index (χ4v) is 3.09. The summed E-state index contributed by atoms with van der Waals surface area (Å²) in [7, 11) is 0. The highest BCUT2D eigenvalue weighted by Crippen LogP contribution is 2.20. The highest BCUT2D eigenvalue weighted by Gasteiger charge is 2.18. The zero-order chi connectivity index (χ0) is 15.5. The molecule has 3 aromatic rings. The Labute approximate surface area is 135 Å². The molecule has 2 aromatic carbocycles. The Hall–Kier alpha value is -2.46. The summed E-state index contributed by atoms with van der Waals surface area (Å²) in [5, 5.41) is 4.11. The van der Waals surface area contributed by atoms with Crippen LogP contribution in [-0.2, 0) is 25.9 Å². The molecule has 0 bridgehead atoms. The van der Waals surface area contributed by atoms with Crippen LogP contribution in [0.2, 0.25) is 0 Å². The maximum absolute atomic E-state index is 5.42. The van der Waals surface area contributed by atoms with E-state index in [0.717, 1.165) is 31.9 Å². The average molecular weight is 305 g/mol. The second kappa shape index (κ2) is 6.34. The predicted octanol–water partition coefficient (Wildman–Crippen LogP) is 3.22. The summed E-state index contributed by atoms with van der Waals surface area (Å²) in [4.78, 5) is 6.90. The van der Waals surface area contributed by atoms with Crippen LogP contribution in [0.3, 0.4) is 0 Å². The maximum atomic E-state index is 5.42. The van der Waals surface area contributed by atoms with Crippen molar-refractivity contribution in [3.8, 4) is 0 Å². The maximum Gasteiger partial charge on any atom is 0.240 e. The lowest BCUT2D eigenvalue weighted by Gasteiger charge is -2.27. The van der Waals surface area contributed by atoms with Gasteiger partial charge in [-0.2, -0.15) is 4.98 Å². The van der Waals surface area contributed by atoms with E-state index in [2.05, 4.69) is 51.4 Å². The predicted molar refractivity (Wildman–Crippen MR) is 87.8 cm³/mol. The van der Waals surface area contributed by atoms with Crippen LogP contribution in [0.4, 0.5) is 0 Å². The number of hydrogen-bond donors (Lipinski definition) is 0. The number of aromatic nitrogens is 2. The molecule has 0 spiro atoms. The molecule has 4 rings (SSSR count). The van der Waals surface area contributed by atoms with Crippen LogP contribution < -0.4 is 0 Å². The van der Waals surface area contributed by atoms with Crippen molar-refractivity contribution in [1.29, 1.82) is 0 Å². The lowest BCUT2D eigenvalue weighted by molar-refractivity contribution is 0.210. The van der Waals surface area contributed by atoms with E-state index in [1.807, 2.05) is 18.2 Å². The molecule has 4 heteroatoms. The van der Waals surface area contributed by atoms with Crippen LogP contribution in [-0.4, -0.2) is 21.6 Å². The molecule has 116 valence electrons. The minimum atomic E-state index is 0.704. The van der Waals surface area contributed by atoms with Crippen molar-refractivity contribution >= 4 is 0 Å². The lowest BCUT2D eigenvalue weighted by atomic mass is 10.00. The van der Waals surface area contributed by atoms with Crippen LogP contribution in [0.5, 0.6) is 0 Å². The molecule has 0 atom stereocenters. The van der Waals surface area contributed by atoms with Gasteiger partial charge in [0.05, 0.1) is 6.54 Å². The molecule has 0 saturated carbocycles. The van der Waals surface area contributed by atoms with Gasteiger partial charge in [0.1, 0.15) is 0 Å². The van der Waals surface area contributed by atoms with E-state index in [1.54, 1.807) is 0 Å². The minimum Gasteiger partial charge on any atom is -0.338 e. The zero-order valence-corrected chi connectivity index (χ0v) is 13.0. The fraction of sp³-hybridized carbons (Fsp3) is 0.263. The lowest BCUT2D eigenvalue weighted by Crippen LogP contribution is -2.30. The van der Waals surface area contributed by atoms with E-state index in [1.165, 1.54) is 16.7 Å². The summed E-state index contributed by atoms with van der Waals surface area (Å²) in [5.74, 6) is 1.46. The summed E-state index contributed by atoms with van der Waals surface area (Å²) in [6.45, 7) is 2.70. The van der Waals surface area contributed by atoms with E-state index in [9.17, 15) is 0 Å². The first-order chi connectivity index (χ1) is 11.4. The Morgan fingerprint density at radius 1 is 0.957 bits per heavy atom. The van der Waals surface area contributed by atoms with Gasteiger partial charge in [-0.1, -0.05) is 59.8 Å². The van der Waals surface area contributed by atoms with Crippen molar-refractivity contribution < 1.29 is 4.52 Å². The molecule has 0 aliphatic carbocycles. The van der Waals surface area contributed by atoms with Gasteiger partial charge in [-0.15, -0.1) is 0 Å². The number of rotatable bonds is 4. The van der Waals surface area contributed by atoms with E-state index < -0.39 is 0 Å². The monoisotopic (exact) mass is 305 g/mol. The Morgan fingerprint density at radius 2 is 1.74 bits per heavy atom. The summed E-state index contributed by atoms with van der Waals surface area (Å²) < 4.78 is 5.42. The van der Waals surface area contributed by atoms with Crippen molar-refractivity contribution in [2.24, 2.45) is 0 Å². The first-order valence-corrected chi connectivity index (χ1v) is 8.01. The van der Waals surface area contributed by atoms with Gasteiger partial charge in [-0.25, -0.2) is 0 Å². The van der Waals surface area contributed by atoms with Crippen molar-refractivity contribution in [1.82, 2.24) is 15.0 Å². The first kappa shape index (κ1) is 14.2. The molecule has 0 saturated heterocycles.